The Balaban J connectivity index is 2.80. The van der Waals surface area contributed by atoms with Crippen molar-refractivity contribution in [1.29, 1.82) is 0 Å². The normalized spacial score (nSPS) is 14.6. The molecule has 0 aliphatic rings. The molecule has 1 aromatic carbocycles. The minimum absolute atomic E-state index is 0.0341. The summed E-state index contributed by atoms with van der Waals surface area (Å²) in [7, 11) is 0. The summed E-state index contributed by atoms with van der Waals surface area (Å²) in [5, 5.41) is 30.4. The lowest BCUT2D eigenvalue weighted by Crippen LogP contribution is -2.39. The first-order valence-corrected chi connectivity index (χ1v) is 6.65. The number of nitro groups is 1. The largest absolute Gasteiger partial charge is 0.392 e. The predicted molar refractivity (Wildman–Crippen MR) is 76.4 cm³/mol. The fraction of sp³-hybridized carbons (Fsp3) is 0.571. The van der Waals surface area contributed by atoms with E-state index in [1.807, 2.05) is 18.7 Å². The van der Waals surface area contributed by atoms with Gasteiger partial charge in [-0.05, 0) is 26.3 Å². The van der Waals surface area contributed by atoms with Gasteiger partial charge in [-0.25, -0.2) is 0 Å². The molecule has 0 heterocycles. The Morgan fingerprint density at radius 1 is 1.25 bits per heavy atom. The minimum Gasteiger partial charge on any atom is -0.392 e. The Morgan fingerprint density at radius 2 is 1.90 bits per heavy atom. The lowest BCUT2D eigenvalue weighted by atomic mass is 10.1. The van der Waals surface area contributed by atoms with Gasteiger partial charge in [-0.3, -0.25) is 15.0 Å². The molecule has 0 aliphatic carbocycles. The van der Waals surface area contributed by atoms with Gasteiger partial charge in [0.05, 0.1) is 17.1 Å². The predicted octanol–water partition coefficient (Wildman–Crippen LogP) is 1.72. The molecular weight excluding hydrogens is 260 g/mol. The maximum Gasteiger partial charge on any atom is 0.269 e. The minimum atomic E-state index is -0.823. The number of hydrogen-bond acceptors (Lipinski definition) is 5. The van der Waals surface area contributed by atoms with E-state index in [2.05, 4.69) is 0 Å². The standard InChI is InChI=1S/C14H22N2O4/c1-10(2)15(8-11(3)17)9-14(18)12-5-4-6-13(7-12)16(19)20/h4-7,10-11,14,17-18H,8-9H2,1-3H3. The quantitative estimate of drug-likeness (QED) is 0.587. The third-order valence-electron chi connectivity index (χ3n) is 3.10. The second kappa shape index (κ2) is 7.33. The van der Waals surface area contributed by atoms with Crippen molar-refractivity contribution < 1.29 is 15.1 Å². The van der Waals surface area contributed by atoms with Gasteiger partial charge in [0.25, 0.3) is 5.69 Å². The van der Waals surface area contributed by atoms with E-state index >= 15 is 0 Å². The summed E-state index contributed by atoms with van der Waals surface area (Å²) in [6.45, 7) is 6.41. The number of nitrogens with zero attached hydrogens (tertiary/aromatic N) is 2. The second-order valence-corrected chi connectivity index (χ2v) is 5.26. The van der Waals surface area contributed by atoms with E-state index in [9.17, 15) is 20.3 Å². The third-order valence-corrected chi connectivity index (χ3v) is 3.10. The van der Waals surface area contributed by atoms with E-state index in [-0.39, 0.29) is 11.7 Å². The molecule has 20 heavy (non-hydrogen) atoms. The van der Waals surface area contributed by atoms with E-state index in [1.165, 1.54) is 12.1 Å². The summed E-state index contributed by atoms with van der Waals surface area (Å²) in [6, 6.07) is 6.17. The van der Waals surface area contributed by atoms with Gasteiger partial charge < -0.3 is 10.2 Å². The van der Waals surface area contributed by atoms with Gasteiger partial charge in [-0.15, -0.1) is 0 Å². The van der Waals surface area contributed by atoms with Gasteiger partial charge in [0.1, 0.15) is 0 Å². The summed E-state index contributed by atoms with van der Waals surface area (Å²) in [5.41, 5.74) is 0.476. The van der Waals surface area contributed by atoms with Crippen LogP contribution in [-0.2, 0) is 0 Å². The molecule has 2 N–H and O–H groups in total. The number of hydrogen-bond donors (Lipinski definition) is 2. The molecule has 6 nitrogen and oxygen atoms in total. The van der Waals surface area contributed by atoms with Gasteiger partial charge in [-0.2, -0.15) is 0 Å². The van der Waals surface area contributed by atoms with Crippen molar-refractivity contribution in [2.45, 2.75) is 39.0 Å². The van der Waals surface area contributed by atoms with Crippen LogP contribution < -0.4 is 0 Å². The zero-order chi connectivity index (χ0) is 15.3. The van der Waals surface area contributed by atoms with Crippen LogP contribution in [0.15, 0.2) is 24.3 Å². The molecule has 112 valence electrons. The molecule has 1 aromatic rings. The highest BCUT2D eigenvalue weighted by Crippen LogP contribution is 2.20. The van der Waals surface area contributed by atoms with Crippen molar-refractivity contribution in [2.24, 2.45) is 0 Å². The summed E-state index contributed by atoms with van der Waals surface area (Å²) in [6.07, 6.45) is -1.31. The van der Waals surface area contributed by atoms with Gasteiger partial charge in [-0.1, -0.05) is 12.1 Å². The van der Waals surface area contributed by atoms with Crippen molar-refractivity contribution in [3.8, 4) is 0 Å². The van der Waals surface area contributed by atoms with Crippen molar-refractivity contribution in [1.82, 2.24) is 4.90 Å². The Kier molecular flexibility index (Phi) is 6.06. The average molecular weight is 282 g/mol. The highest BCUT2D eigenvalue weighted by molar-refractivity contribution is 5.35. The number of nitro benzene ring substituents is 1. The van der Waals surface area contributed by atoms with Crippen molar-refractivity contribution in [3.05, 3.63) is 39.9 Å². The summed E-state index contributed by atoms with van der Waals surface area (Å²) < 4.78 is 0. The van der Waals surface area contributed by atoms with Crippen LogP contribution >= 0.6 is 0 Å². The van der Waals surface area contributed by atoms with Crippen LogP contribution in [0.3, 0.4) is 0 Å². The molecule has 2 unspecified atom stereocenters. The zero-order valence-electron chi connectivity index (χ0n) is 12.1. The molecule has 0 saturated carbocycles. The fourth-order valence-corrected chi connectivity index (χ4v) is 2.01. The lowest BCUT2D eigenvalue weighted by molar-refractivity contribution is -0.385. The average Bonchev–Trinajstić information content (AvgIpc) is 2.37. The number of non-ortho nitro benzene ring substituents is 1. The van der Waals surface area contributed by atoms with E-state index in [0.29, 0.717) is 18.7 Å². The highest BCUT2D eigenvalue weighted by atomic mass is 16.6. The number of benzene rings is 1. The van der Waals surface area contributed by atoms with Gasteiger partial charge >= 0.3 is 0 Å². The van der Waals surface area contributed by atoms with Crippen molar-refractivity contribution >= 4 is 5.69 Å². The smallest absolute Gasteiger partial charge is 0.269 e. The second-order valence-electron chi connectivity index (χ2n) is 5.26. The molecular formula is C14H22N2O4. The maximum atomic E-state index is 10.7. The number of rotatable bonds is 7. The molecule has 0 aromatic heterocycles. The summed E-state index contributed by atoms with van der Waals surface area (Å²) in [5.74, 6) is 0. The first-order valence-electron chi connectivity index (χ1n) is 6.65. The molecule has 2 atom stereocenters. The van der Waals surface area contributed by atoms with Crippen LogP contribution in [0.2, 0.25) is 0 Å². The third kappa shape index (κ3) is 4.88. The van der Waals surface area contributed by atoms with E-state index in [1.54, 1.807) is 19.1 Å². The number of aliphatic hydroxyl groups excluding tert-OH is 2. The molecule has 6 heteroatoms. The van der Waals surface area contributed by atoms with Crippen molar-refractivity contribution in [2.75, 3.05) is 13.1 Å². The monoisotopic (exact) mass is 282 g/mol. The first kappa shape index (κ1) is 16.6. The van der Waals surface area contributed by atoms with Crippen LogP contribution in [-0.4, -0.2) is 45.3 Å². The first-order chi connectivity index (χ1) is 9.31. The van der Waals surface area contributed by atoms with Gasteiger partial charge in [0, 0.05) is 31.3 Å². The Bertz CT molecular complexity index is 449. The van der Waals surface area contributed by atoms with Crippen LogP contribution in [0.25, 0.3) is 0 Å². The van der Waals surface area contributed by atoms with Crippen LogP contribution in [0.5, 0.6) is 0 Å². The van der Waals surface area contributed by atoms with Gasteiger partial charge in [0.2, 0.25) is 0 Å². The summed E-state index contributed by atoms with van der Waals surface area (Å²) in [4.78, 5) is 12.2. The Hall–Kier alpha value is -1.50. The van der Waals surface area contributed by atoms with E-state index in [0.717, 1.165) is 0 Å². The van der Waals surface area contributed by atoms with Crippen molar-refractivity contribution in [3.63, 3.8) is 0 Å². The molecule has 0 amide bonds. The molecule has 0 radical (unpaired) electrons. The van der Waals surface area contributed by atoms with E-state index in [4.69, 9.17) is 0 Å². The highest BCUT2D eigenvalue weighted by Gasteiger charge is 2.19. The van der Waals surface area contributed by atoms with Crippen LogP contribution in [0.4, 0.5) is 5.69 Å². The molecule has 0 fully saturated rings. The van der Waals surface area contributed by atoms with E-state index < -0.39 is 17.1 Å². The lowest BCUT2D eigenvalue weighted by Gasteiger charge is -2.29. The van der Waals surface area contributed by atoms with Gasteiger partial charge in [0.15, 0.2) is 0 Å². The maximum absolute atomic E-state index is 10.7. The fourth-order valence-electron chi connectivity index (χ4n) is 2.01. The molecule has 0 spiro atoms. The zero-order valence-corrected chi connectivity index (χ0v) is 12.1. The molecule has 0 bridgehead atoms. The molecule has 0 saturated heterocycles. The molecule has 0 aliphatic heterocycles. The summed E-state index contributed by atoms with van der Waals surface area (Å²) >= 11 is 0. The Labute approximate surface area is 118 Å². The molecule has 1 rings (SSSR count). The Morgan fingerprint density at radius 3 is 2.40 bits per heavy atom. The SMILES string of the molecule is CC(O)CN(CC(O)c1cccc([N+](=O)[O-])c1)C(C)C. The van der Waals surface area contributed by atoms with Crippen LogP contribution in [0.1, 0.15) is 32.4 Å². The van der Waals surface area contributed by atoms with Crippen LogP contribution in [0, 0.1) is 10.1 Å². The topological polar surface area (TPSA) is 86.8 Å². The number of aliphatic hydroxyl groups is 2.